The molecule has 4 unspecified atom stereocenters. The highest BCUT2D eigenvalue weighted by atomic mass is 19.1. The van der Waals surface area contributed by atoms with E-state index in [1.165, 1.54) is 0 Å². The molecule has 5 nitrogen and oxygen atoms in total. The van der Waals surface area contributed by atoms with Gasteiger partial charge in [0.1, 0.15) is 5.82 Å². The van der Waals surface area contributed by atoms with Gasteiger partial charge in [0, 0.05) is 48.7 Å². The predicted molar refractivity (Wildman–Crippen MR) is 121 cm³/mol. The van der Waals surface area contributed by atoms with Crippen LogP contribution in [0.15, 0.2) is 18.3 Å². The normalized spacial score (nSPS) is 26.7. The molecule has 0 radical (unpaired) electrons. The molecule has 3 aliphatic rings. The Kier molecular flexibility index (Phi) is 5.50. The largest absolute Gasteiger partial charge is 0.481 e. The molecular formula is C26H33FN2O3. The van der Waals surface area contributed by atoms with Crippen molar-refractivity contribution in [2.24, 2.45) is 18.9 Å². The second-order valence-electron chi connectivity index (χ2n) is 10.3. The molecule has 32 heavy (non-hydrogen) atoms. The number of hydrogen-bond donors (Lipinski definition) is 1. The second-order valence-corrected chi connectivity index (χ2v) is 10.3. The number of rotatable bonds is 5. The van der Waals surface area contributed by atoms with Crippen molar-refractivity contribution in [2.75, 3.05) is 6.54 Å². The van der Waals surface area contributed by atoms with Crippen LogP contribution in [0.2, 0.25) is 0 Å². The summed E-state index contributed by atoms with van der Waals surface area (Å²) in [7, 11) is 1.98. The first-order valence-electron chi connectivity index (χ1n) is 12.2. The summed E-state index contributed by atoms with van der Waals surface area (Å²) in [5.74, 6) is -0.726. The summed E-state index contributed by atoms with van der Waals surface area (Å²) in [5.41, 5.74) is 2.90. The number of amides is 1. The first kappa shape index (κ1) is 21.5. The van der Waals surface area contributed by atoms with Crippen molar-refractivity contribution in [3.8, 4) is 0 Å². The molecule has 4 atom stereocenters. The maximum absolute atomic E-state index is 14.8. The standard InChI is InChI=1S/C26H33FN2O3/c1-15(19-14-28(2)22-11-10-20(27)24(25(19)22)16-8-9-16)13-23(30)29-12-4-6-17-18(26(31)32)5-3-7-21(17)29/h10-11,14-18,21H,3-9,12-13H2,1-2H3,(H,31,32). The molecule has 1 saturated heterocycles. The average Bonchev–Trinajstić information content (AvgIpc) is 3.55. The first-order chi connectivity index (χ1) is 15.4. The van der Waals surface area contributed by atoms with E-state index in [1.807, 2.05) is 22.6 Å². The lowest BCUT2D eigenvalue weighted by Gasteiger charge is -2.46. The highest BCUT2D eigenvalue weighted by Crippen LogP contribution is 2.47. The van der Waals surface area contributed by atoms with E-state index in [0.29, 0.717) is 12.3 Å². The molecule has 0 bridgehead atoms. The maximum atomic E-state index is 14.8. The van der Waals surface area contributed by atoms with Crippen molar-refractivity contribution in [1.29, 1.82) is 0 Å². The Balaban J connectivity index is 1.40. The van der Waals surface area contributed by atoms with Crippen LogP contribution in [0, 0.1) is 17.7 Å². The third kappa shape index (κ3) is 3.61. The molecule has 2 aliphatic carbocycles. The number of aryl methyl sites for hydroxylation is 1. The zero-order valence-corrected chi connectivity index (χ0v) is 19.0. The van der Waals surface area contributed by atoms with Crippen LogP contribution in [-0.4, -0.2) is 39.0 Å². The molecule has 6 heteroatoms. The van der Waals surface area contributed by atoms with Crippen LogP contribution in [0.4, 0.5) is 4.39 Å². The van der Waals surface area contributed by atoms with Gasteiger partial charge in [0.15, 0.2) is 0 Å². The van der Waals surface area contributed by atoms with Gasteiger partial charge in [-0.2, -0.15) is 0 Å². The Morgan fingerprint density at radius 1 is 1.16 bits per heavy atom. The van der Waals surface area contributed by atoms with E-state index in [4.69, 9.17) is 0 Å². The zero-order chi connectivity index (χ0) is 22.6. The van der Waals surface area contributed by atoms with Gasteiger partial charge in [-0.05, 0) is 74.0 Å². The molecule has 172 valence electrons. The quantitative estimate of drug-likeness (QED) is 0.697. The number of carbonyl (C=O) groups excluding carboxylic acids is 1. The fourth-order valence-electron chi connectivity index (χ4n) is 6.46. The molecule has 1 aromatic carbocycles. The molecule has 2 heterocycles. The fourth-order valence-corrected chi connectivity index (χ4v) is 6.46. The molecule has 1 aromatic heterocycles. The third-order valence-corrected chi connectivity index (χ3v) is 8.17. The van der Waals surface area contributed by atoms with Gasteiger partial charge in [0.25, 0.3) is 0 Å². The number of piperidine rings is 1. The summed E-state index contributed by atoms with van der Waals surface area (Å²) in [6, 6.07) is 3.47. The van der Waals surface area contributed by atoms with E-state index in [1.54, 1.807) is 6.07 Å². The topological polar surface area (TPSA) is 62.5 Å². The van der Waals surface area contributed by atoms with Crippen LogP contribution in [0.5, 0.6) is 0 Å². The van der Waals surface area contributed by atoms with Crippen LogP contribution in [0.25, 0.3) is 10.9 Å². The lowest BCUT2D eigenvalue weighted by atomic mass is 9.71. The fraction of sp³-hybridized carbons (Fsp3) is 0.615. The van der Waals surface area contributed by atoms with Crippen molar-refractivity contribution >= 4 is 22.8 Å². The SMILES string of the molecule is CC(CC(=O)N1CCCC2C(C(=O)O)CCCC21)c1cn(C)c2ccc(F)c(C3CC3)c12. The van der Waals surface area contributed by atoms with E-state index >= 15 is 0 Å². The molecule has 1 amide bonds. The summed E-state index contributed by atoms with van der Waals surface area (Å²) in [6.45, 7) is 2.78. The van der Waals surface area contributed by atoms with Gasteiger partial charge in [-0.15, -0.1) is 0 Å². The lowest BCUT2D eigenvalue weighted by molar-refractivity contribution is -0.152. The minimum Gasteiger partial charge on any atom is -0.481 e. The Morgan fingerprint density at radius 3 is 2.66 bits per heavy atom. The number of aromatic nitrogens is 1. The molecule has 3 fully saturated rings. The van der Waals surface area contributed by atoms with Crippen molar-refractivity contribution in [3.05, 3.63) is 35.3 Å². The molecule has 1 N–H and O–H groups in total. The Morgan fingerprint density at radius 2 is 1.94 bits per heavy atom. The number of aliphatic carboxylic acids is 1. The van der Waals surface area contributed by atoms with E-state index in [0.717, 1.165) is 73.5 Å². The van der Waals surface area contributed by atoms with Crippen LogP contribution >= 0.6 is 0 Å². The zero-order valence-electron chi connectivity index (χ0n) is 19.0. The van der Waals surface area contributed by atoms with E-state index in [-0.39, 0.29) is 35.5 Å². The van der Waals surface area contributed by atoms with Gasteiger partial charge in [-0.1, -0.05) is 13.3 Å². The molecular weight excluding hydrogens is 407 g/mol. The maximum Gasteiger partial charge on any atom is 0.306 e. The van der Waals surface area contributed by atoms with Gasteiger partial charge in [-0.25, -0.2) is 4.39 Å². The minimum atomic E-state index is -0.715. The summed E-state index contributed by atoms with van der Waals surface area (Å²) >= 11 is 0. The third-order valence-electron chi connectivity index (χ3n) is 8.17. The van der Waals surface area contributed by atoms with Crippen molar-refractivity contribution < 1.29 is 19.1 Å². The summed E-state index contributed by atoms with van der Waals surface area (Å²) in [4.78, 5) is 27.2. The second kappa shape index (κ2) is 8.20. The Labute approximate surface area is 188 Å². The van der Waals surface area contributed by atoms with Gasteiger partial charge in [0.2, 0.25) is 5.91 Å². The highest BCUT2D eigenvalue weighted by Gasteiger charge is 2.43. The molecule has 2 saturated carbocycles. The van der Waals surface area contributed by atoms with E-state index < -0.39 is 5.97 Å². The van der Waals surface area contributed by atoms with Crippen molar-refractivity contribution in [3.63, 3.8) is 0 Å². The van der Waals surface area contributed by atoms with Gasteiger partial charge >= 0.3 is 5.97 Å². The van der Waals surface area contributed by atoms with Crippen LogP contribution < -0.4 is 0 Å². The summed E-state index contributed by atoms with van der Waals surface area (Å²) in [6.07, 6.45) is 8.75. The molecule has 2 aromatic rings. The number of fused-ring (bicyclic) bond motifs is 2. The number of carbonyl (C=O) groups is 2. The monoisotopic (exact) mass is 440 g/mol. The van der Waals surface area contributed by atoms with Crippen LogP contribution in [0.1, 0.15) is 81.3 Å². The Bertz CT molecular complexity index is 1060. The first-order valence-corrected chi connectivity index (χ1v) is 12.2. The number of likely N-dealkylation sites (tertiary alicyclic amines) is 1. The molecule has 5 rings (SSSR count). The van der Waals surface area contributed by atoms with E-state index in [2.05, 4.69) is 13.1 Å². The lowest BCUT2D eigenvalue weighted by Crippen LogP contribution is -2.53. The summed E-state index contributed by atoms with van der Waals surface area (Å²) < 4.78 is 16.8. The van der Waals surface area contributed by atoms with E-state index in [9.17, 15) is 19.1 Å². The smallest absolute Gasteiger partial charge is 0.306 e. The molecule has 0 spiro atoms. The predicted octanol–water partition coefficient (Wildman–Crippen LogP) is 5.18. The number of benzene rings is 1. The van der Waals surface area contributed by atoms with Gasteiger partial charge in [-0.3, -0.25) is 9.59 Å². The molecule has 1 aliphatic heterocycles. The van der Waals surface area contributed by atoms with Crippen LogP contribution in [-0.2, 0) is 16.6 Å². The number of nitrogens with zero attached hydrogens (tertiary/aromatic N) is 2. The van der Waals surface area contributed by atoms with Gasteiger partial charge < -0.3 is 14.6 Å². The highest BCUT2D eigenvalue weighted by molar-refractivity contribution is 5.90. The number of halogens is 1. The van der Waals surface area contributed by atoms with Gasteiger partial charge in [0.05, 0.1) is 5.92 Å². The van der Waals surface area contributed by atoms with Crippen molar-refractivity contribution in [2.45, 2.75) is 76.2 Å². The van der Waals surface area contributed by atoms with Crippen molar-refractivity contribution in [1.82, 2.24) is 9.47 Å². The number of carboxylic acid groups (broad SMARTS) is 1. The average molecular weight is 441 g/mol. The van der Waals surface area contributed by atoms with Crippen LogP contribution in [0.3, 0.4) is 0 Å². The summed E-state index contributed by atoms with van der Waals surface area (Å²) in [5, 5.41) is 10.7. The number of carboxylic acids is 1. The minimum absolute atomic E-state index is 0.0234. The Hall–Kier alpha value is -2.37. The number of hydrogen-bond acceptors (Lipinski definition) is 2.